The van der Waals surface area contributed by atoms with Crippen molar-refractivity contribution in [2.24, 2.45) is 7.05 Å². The van der Waals surface area contributed by atoms with Crippen LogP contribution in [-0.4, -0.2) is 37.4 Å². The molecule has 2 aromatic heterocycles. The van der Waals surface area contributed by atoms with Crippen molar-refractivity contribution >= 4 is 17.1 Å². The lowest BCUT2D eigenvalue weighted by atomic mass is 10.1. The van der Waals surface area contributed by atoms with Crippen molar-refractivity contribution < 1.29 is 5.11 Å². The fourth-order valence-corrected chi connectivity index (χ4v) is 3.62. The van der Waals surface area contributed by atoms with Gasteiger partial charge in [0, 0.05) is 26.7 Å². The van der Waals surface area contributed by atoms with E-state index in [4.69, 9.17) is 5.11 Å². The van der Waals surface area contributed by atoms with Crippen molar-refractivity contribution in [1.29, 1.82) is 0 Å². The standard InChI is InChI=1S/C21H37N5O3/c1-3-4-5-6-7-8-9-10-11-12-15-26-17-18(23-20(26)22-14-13-16-27)25(2)21(29)24-19(17)28/h27H,3-16H2,1-2H3,(H,22,23)(H,24,28,29). The van der Waals surface area contributed by atoms with E-state index in [1.54, 1.807) is 7.05 Å². The number of nitrogens with one attached hydrogen (secondary N) is 2. The molecule has 0 aliphatic carbocycles. The van der Waals surface area contributed by atoms with Gasteiger partial charge in [-0.2, -0.15) is 4.98 Å². The van der Waals surface area contributed by atoms with E-state index in [0.717, 1.165) is 12.8 Å². The number of aromatic amines is 1. The molecule has 8 heteroatoms. The minimum absolute atomic E-state index is 0.0880. The van der Waals surface area contributed by atoms with Gasteiger partial charge >= 0.3 is 5.69 Å². The minimum Gasteiger partial charge on any atom is -0.396 e. The van der Waals surface area contributed by atoms with E-state index < -0.39 is 11.2 Å². The molecule has 0 bridgehead atoms. The number of rotatable bonds is 15. The Morgan fingerprint density at radius 1 is 0.966 bits per heavy atom. The van der Waals surface area contributed by atoms with Gasteiger partial charge < -0.3 is 15.0 Å². The Hall–Kier alpha value is -2.09. The summed E-state index contributed by atoms with van der Waals surface area (Å²) in [4.78, 5) is 31.1. The number of aromatic nitrogens is 4. The summed E-state index contributed by atoms with van der Waals surface area (Å²) in [6.45, 7) is 3.56. The van der Waals surface area contributed by atoms with E-state index in [-0.39, 0.29) is 6.61 Å². The van der Waals surface area contributed by atoms with Crippen LogP contribution in [0.15, 0.2) is 9.59 Å². The Labute approximate surface area is 172 Å². The van der Waals surface area contributed by atoms with Crippen LogP contribution in [0.5, 0.6) is 0 Å². The molecule has 164 valence electrons. The van der Waals surface area contributed by atoms with Crippen molar-refractivity contribution in [1.82, 2.24) is 19.1 Å². The maximum absolute atomic E-state index is 12.4. The van der Waals surface area contributed by atoms with Gasteiger partial charge in [0.1, 0.15) is 0 Å². The number of aliphatic hydroxyl groups is 1. The molecule has 0 unspecified atom stereocenters. The summed E-state index contributed by atoms with van der Waals surface area (Å²) in [7, 11) is 1.61. The van der Waals surface area contributed by atoms with Gasteiger partial charge in [0.25, 0.3) is 5.56 Å². The van der Waals surface area contributed by atoms with Gasteiger partial charge in [-0.15, -0.1) is 0 Å². The van der Waals surface area contributed by atoms with Crippen LogP contribution in [0.2, 0.25) is 0 Å². The maximum atomic E-state index is 12.4. The van der Waals surface area contributed by atoms with E-state index >= 15 is 0 Å². The molecule has 0 aliphatic rings. The van der Waals surface area contributed by atoms with E-state index in [1.165, 1.54) is 55.9 Å². The normalized spacial score (nSPS) is 11.4. The Bertz CT molecular complexity index is 852. The number of anilines is 1. The molecular formula is C21H37N5O3. The average molecular weight is 408 g/mol. The summed E-state index contributed by atoms with van der Waals surface area (Å²) in [5.74, 6) is 0.580. The number of H-pyrrole nitrogens is 1. The number of hydrogen-bond donors (Lipinski definition) is 3. The first-order valence-electron chi connectivity index (χ1n) is 11.1. The molecule has 3 N–H and O–H groups in total. The van der Waals surface area contributed by atoms with Crippen LogP contribution < -0.4 is 16.6 Å². The first-order valence-corrected chi connectivity index (χ1v) is 11.1. The van der Waals surface area contributed by atoms with Crippen LogP contribution in [0.4, 0.5) is 5.95 Å². The predicted octanol–water partition coefficient (Wildman–Crippen LogP) is 3.14. The molecule has 0 radical (unpaired) electrons. The molecule has 0 fully saturated rings. The van der Waals surface area contributed by atoms with E-state index in [2.05, 4.69) is 22.2 Å². The zero-order chi connectivity index (χ0) is 21.1. The van der Waals surface area contributed by atoms with Gasteiger partial charge in [-0.3, -0.25) is 14.3 Å². The van der Waals surface area contributed by atoms with Crippen molar-refractivity contribution in [2.75, 3.05) is 18.5 Å². The number of fused-ring (bicyclic) bond motifs is 1. The fraction of sp³-hybridized carbons (Fsp3) is 0.762. The van der Waals surface area contributed by atoms with Gasteiger partial charge in [-0.1, -0.05) is 64.7 Å². The molecule has 0 saturated carbocycles. The molecule has 2 heterocycles. The first kappa shape index (κ1) is 23.2. The highest BCUT2D eigenvalue weighted by Gasteiger charge is 2.16. The van der Waals surface area contributed by atoms with Crippen LogP contribution >= 0.6 is 0 Å². The number of unbranched alkanes of at least 4 members (excludes halogenated alkanes) is 9. The van der Waals surface area contributed by atoms with Gasteiger partial charge in [-0.25, -0.2) is 4.79 Å². The Balaban J connectivity index is 1.94. The molecule has 0 atom stereocenters. The van der Waals surface area contributed by atoms with E-state index in [0.29, 0.717) is 36.6 Å². The van der Waals surface area contributed by atoms with Crippen LogP contribution in [0.25, 0.3) is 11.2 Å². The second-order valence-electron chi connectivity index (χ2n) is 7.76. The SMILES string of the molecule is CCCCCCCCCCCCn1c(NCCCO)nc2c1c(=O)[nH]c(=O)n2C. The van der Waals surface area contributed by atoms with Crippen molar-refractivity contribution in [3.8, 4) is 0 Å². The molecule has 29 heavy (non-hydrogen) atoms. The zero-order valence-corrected chi connectivity index (χ0v) is 18.0. The Kier molecular flexibility index (Phi) is 9.97. The minimum atomic E-state index is -0.465. The Morgan fingerprint density at radius 2 is 1.59 bits per heavy atom. The van der Waals surface area contributed by atoms with Crippen molar-refractivity contribution in [3.05, 3.63) is 20.8 Å². The topological polar surface area (TPSA) is 105 Å². The van der Waals surface area contributed by atoms with Crippen LogP contribution in [0.3, 0.4) is 0 Å². The van der Waals surface area contributed by atoms with Crippen LogP contribution in [-0.2, 0) is 13.6 Å². The van der Waals surface area contributed by atoms with Gasteiger partial charge in [-0.05, 0) is 12.8 Å². The number of aliphatic hydroxyl groups excluding tert-OH is 1. The number of hydrogen-bond acceptors (Lipinski definition) is 5. The third-order valence-electron chi connectivity index (χ3n) is 5.36. The van der Waals surface area contributed by atoms with E-state index in [9.17, 15) is 9.59 Å². The Morgan fingerprint density at radius 3 is 2.21 bits per heavy atom. The number of nitrogens with zero attached hydrogens (tertiary/aromatic N) is 3. The number of imidazole rings is 1. The summed E-state index contributed by atoms with van der Waals surface area (Å²) in [6.07, 6.45) is 13.1. The summed E-state index contributed by atoms with van der Waals surface area (Å²) < 4.78 is 3.23. The van der Waals surface area contributed by atoms with Crippen molar-refractivity contribution in [2.45, 2.75) is 84.1 Å². The number of aryl methyl sites for hydroxylation is 2. The largest absolute Gasteiger partial charge is 0.396 e. The second-order valence-corrected chi connectivity index (χ2v) is 7.76. The van der Waals surface area contributed by atoms with Crippen LogP contribution in [0, 0.1) is 0 Å². The molecule has 0 amide bonds. The lowest BCUT2D eigenvalue weighted by Gasteiger charge is -2.10. The second kappa shape index (κ2) is 12.5. The molecule has 2 rings (SSSR count). The highest BCUT2D eigenvalue weighted by Crippen LogP contribution is 2.17. The maximum Gasteiger partial charge on any atom is 0.329 e. The zero-order valence-electron chi connectivity index (χ0n) is 18.0. The third kappa shape index (κ3) is 6.73. The molecule has 8 nitrogen and oxygen atoms in total. The lowest BCUT2D eigenvalue weighted by Crippen LogP contribution is -2.29. The van der Waals surface area contributed by atoms with Gasteiger partial charge in [0.05, 0.1) is 0 Å². The summed E-state index contributed by atoms with van der Waals surface area (Å²) in [6, 6.07) is 0. The first-order chi connectivity index (χ1) is 14.1. The molecule has 0 aromatic carbocycles. The van der Waals surface area contributed by atoms with Crippen molar-refractivity contribution in [3.63, 3.8) is 0 Å². The monoisotopic (exact) mass is 407 g/mol. The lowest BCUT2D eigenvalue weighted by molar-refractivity contribution is 0.292. The van der Waals surface area contributed by atoms with Crippen LogP contribution in [0.1, 0.15) is 77.6 Å². The summed E-state index contributed by atoms with van der Waals surface area (Å²) >= 11 is 0. The third-order valence-corrected chi connectivity index (χ3v) is 5.36. The molecule has 0 spiro atoms. The van der Waals surface area contributed by atoms with Gasteiger partial charge in [0.15, 0.2) is 11.2 Å². The highest BCUT2D eigenvalue weighted by molar-refractivity contribution is 5.74. The van der Waals surface area contributed by atoms with Gasteiger partial charge in [0.2, 0.25) is 5.95 Å². The molecular weight excluding hydrogens is 370 g/mol. The predicted molar refractivity (Wildman–Crippen MR) is 118 cm³/mol. The average Bonchev–Trinajstić information content (AvgIpc) is 3.07. The smallest absolute Gasteiger partial charge is 0.329 e. The molecule has 0 aliphatic heterocycles. The quantitative estimate of drug-likeness (QED) is 0.393. The highest BCUT2D eigenvalue weighted by atomic mass is 16.3. The molecule has 0 saturated heterocycles. The van der Waals surface area contributed by atoms with E-state index in [1.807, 2.05) is 4.57 Å². The summed E-state index contributed by atoms with van der Waals surface area (Å²) in [5.41, 5.74) is -0.0577. The summed E-state index contributed by atoms with van der Waals surface area (Å²) in [5, 5.41) is 12.2. The fourth-order valence-electron chi connectivity index (χ4n) is 3.62. The molecule has 2 aromatic rings.